The largest absolute Gasteiger partial charge is 0.480 e. The average molecular weight is 263 g/mol. The van der Waals surface area contributed by atoms with E-state index in [-0.39, 0.29) is 17.7 Å². The first-order valence-electron chi connectivity index (χ1n) is 6.07. The Kier molecular flexibility index (Phi) is 3.42. The third-order valence-electron chi connectivity index (χ3n) is 3.29. The fourth-order valence-electron chi connectivity index (χ4n) is 2.12. The van der Waals surface area contributed by atoms with Crippen molar-refractivity contribution in [1.29, 1.82) is 0 Å². The Morgan fingerprint density at radius 3 is 2.95 bits per heavy atom. The summed E-state index contributed by atoms with van der Waals surface area (Å²) < 4.78 is 5.09. The van der Waals surface area contributed by atoms with Crippen LogP contribution in [0.4, 0.5) is 0 Å². The molecule has 1 aromatic rings. The Balaban J connectivity index is 2.35. The number of rotatable bonds is 2. The average Bonchev–Trinajstić information content (AvgIpc) is 2.41. The van der Waals surface area contributed by atoms with Crippen molar-refractivity contribution in [2.24, 2.45) is 0 Å². The zero-order valence-corrected chi connectivity index (χ0v) is 11.3. The van der Waals surface area contributed by atoms with E-state index in [1.54, 1.807) is 37.1 Å². The van der Waals surface area contributed by atoms with E-state index >= 15 is 0 Å². The molecule has 2 amide bonds. The Bertz CT molecular complexity index is 514. The number of hydrogen-bond acceptors (Lipinski definition) is 4. The van der Waals surface area contributed by atoms with Crippen molar-refractivity contribution in [3.63, 3.8) is 0 Å². The Morgan fingerprint density at radius 2 is 2.26 bits per heavy atom. The molecule has 2 heterocycles. The van der Waals surface area contributed by atoms with Crippen molar-refractivity contribution < 1.29 is 14.3 Å². The Labute approximate surface area is 111 Å². The van der Waals surface area contributed by atoms with Crippen LogP contribution in [-0.4, -0.2) is 47.4 Å². The van der Waals surface area contributed by atoms with Crippen LogP contribution in [0.1, 0.15) is 24.2 Å². The topological polar surface area (TPSA) is 71.5 Å². The molecule has 6 heteroatoms. The van der Waals surface area contributed by atoms with Crippen LogP contribution in [0.25, 0.3) is 0 Å². The van der Waals surface area contributed by atoms with Gasteiger partial charge in [-0.15, -0.1) is 0 Å². The van der Waals surface area contributed by atoms with E-state index in [4.69, 9.17) is 4.74 Å². The van der Waals surface area contributed by atoms with Gasteiger partial charge in [0, 0.05) is 19.3 Å². The lowest BCUT2D eigenvalue weighted by atomic mass is 9.98. The number of aromatic nitrogens is 1. The molecule has 0 unspecified atom stereocenters. The van der Waals surface area contributed by atoms with E-state index in [2.05, 4.69) is 10.3 Å². The smallest absolute Gasteiger partial charge is 0.260 e. The summed E-state index contributed by atoms with van der Waals surface area (Å²) in [6.07, 6.45) is 1.56. The highest BCUT2D eigenvalue weighted by Gasteiger charge is 2.41. The molecule has 1 aromatic heterocycles. The molecule has 1 N–H and O–H groups in total. The molecule has 1 aliphatic rings. The van der Waals surface area contributed by atoms with Crippen molar-refractivity contribution in [3.05, 3.63) is 23.9 Å². The van der Waals surface area contributed by atoms with Crippen molar-refractivity contribution in [2.45, 2.75) is 19.4 Å². The minimum atomic E-state index is -0.879. The number of amides is 2. The summed E-state index contributed by atoms with van der Waals surface area (Å²) in [6, 6.07) is 3.32. The highest BCUT2D eigenvalue weighted by atomic mass is 16.5. The van der Waals surface area contributed by atoms with Crippen LogP contribution in [-0.2, 0) is 4.79 Å². The first-order chi connectivity index (χ1) is 8.98. The van der Waals surface area contributed by atoms with Crippen LogP contribution in [0.5, 0.6) is 5.88 Å². The van der Waals surface area contributed by atoms with E-state index in [0.29, 0.717) is 18.7 Å². The zero-order chi connectivity index (χ0) is 14.0. The van der Waals surface area contributed by atoms with Crippen LogP contribution in [0.15, 0.2) is 18.3 Å². The molecular weight excluding hydrogens is 246 g/mol. The van der Waals surface area contributed by atoms with E-state index in [1.165, 1.54) is 7.11 Å². The molecule has 1 aliphatic heterocycles. The molecule has 6 nitrogen and oxygen atoms in total. The summed E-state index contributed by atoms with van der Waals surface area (Å²) in [5.41, 5.74) is -0.510. The molecule has 0 spiro atoms. The number of methoxy groups -OCH3 is 1. The number of piperazine rings is 1. The molecule has 1 fully saturated rings. The fraction of sp³-hybridized carbons (Fsp3) is 0.462. The van der Waals surface area contributed by atoms with E-state index in [1.807, 2.05) is 0 Å². The third-order valence-corrected chi connectivity index (χ3v) is 3.29. The lowest BCUT2D eigenvalue weighted by Gasteiger charge is -2.41. The van der Waals surface area contributed by atoms with Crippen molar-refractivity contribution >= 4 is 11.8 Å². The van der Waals surface area contributed by atoms with Crippen LogP contribution < -0.4 is 10.1 Å². The lowest BCUT2D eigenvalue weighted by Crippen LogP contribution is -2.63. The molecule has 0 bridgehead atoms. The summed E-state index contributed by atoms with van der Waals surface area (Å²) in [4.78, 5) is 30.0. The second kappa shape index (κ2) is 4.87. The predicted octanol–water partition coefficient (Wildman–Crippen LogP) is 0.441. The number of nitrogens with zero attached hydrogens (tertiary/aromatic N) is 2. The maximum absolute atomic E-state index is 12.6. The van der Waals surface area contributed by atoms with Crippen LogP contribution in [0.3, 0.4) is 0 Å². The maximum Gasteiger partial charge on any atom is 0.260 e. The standard InChI is InChI=1S/C13H17N3O3/c1-13(2)12(18)15-7-8-16(13)11(17)9-5-4-6-14-10(9)19-3/h4-6H,7-8H2,1-3H3,(H,15,18). The molecule has 1 saturated heterocycles. The zero-order valence-electron chi connectivity index (χ0n) is 11.3. The summed E-state index contributed by atoms with van der Waals surface area (Å²) in [7, 11) is 1.47. The number of pyridine rings is 1. The molecular formula is C13H17N3O3. The predicted molar refractivity (Wildman–Crippen MR) is 68.9 cm³/mol. The first-order valence-corrected chi connectivity index (χ1v) is 6.07. The monoisotopic (exact) mass is 263 g/mol. The minimum absolute atomic E-state index is 0.157. The summed E-state index contributed by atoms with van der Waals surface area (Å²) in [6.45, 7) is 4.37. The SMILES string of the molecule is COc1ncccc1C(=O)N1CCNC(=O)C1(C)C. The molecule has 0 atom stereocenters. The van der Waals surface area contributed by atoms with Crippen LogP contribution in [0.2, 0.25) is 0 Å². The lowest BCUT2D eigenvalue weighted by molar-refractivity contribution is -0.133. The number of hydrogen-bond donors (Lipinski definition) is 1. The normalized spacial score (nSPS) is 17.8. The van der Waals surface area contributed by atoms with Gasteiger partial charge in [0.1, 0.15) is 11.1 Å². The summed E-state index contributed by atoms with van der Waals surface area (Å²) in [5.74, 6) is -0.131. The second-order valence-electron chi connectivity index (χ2n) is 4.83. The summed E-state index contributed by atoms with van der Waals surface area (Å²) in [5, 5.41) is 2.76. The van der Waals surface area contributed by atoms with Crippen molar-refractivity contribution in [2.75, 3.05) is 20.2 Å². The van der Waals surface area contributed by atoms with Gasteiger partial charge in [0.2, 0.25) is 11.8 Å². The fourth-order valence-corrected chi connectivity index (χ4v) is 2.12. The minimum Gasteiger partial charge on any atom is -0.480 e. The van der Waals surface area contributed by atoms with E-state index < -0.39 is 5.54 Å². The molecule has 19 heavy (non-hydrogen) atoms. The van der Waals surface area contributed by atoms with Gasteiger partial charge in [-0.1, -0.05) is 0 Å². The molecule has 0 saturated carbocycles. The number of carbonyl (C=O) groups is 2. The van der Waals surface area contributed by atoms with Gasteiger partial charge < -0.3 is 15.0 Å². The van der Waals surface area contributed by atoms with Crippen LogP contribution in [0, 0.1) is 0 Å². The Morgan fingerprint density at radius 1 is 1.53 bits per heavy atom. The molecule has 2 rings (SSSR count). The van der Waals surface area contributed by atoms with Gasteiger partial charge in [0.25, 0.3) is 5.91 Å². The maximum atomic E-state index is 12.6. The van der Waals surface area contributed by atoms with Gasteiger partial charge in [-0.05, 0) is 26.0 Å². The highest BCUT2D eigenvalue weighted by molar-refractivity contribution is 6.01. The molecule has 0 aromatic carbocycles. The van der Waals surface area contributed by atoms with Gasteiger partial charge in [0.15, 0.2) is 0 Å². The van der Waals surface area contributed by atoms with E-state index in [0.717, 1.165) is 0 Å². The number of nitrogens with one attached hydrogen (secondary N) is 1. The van der Waals surface area contributed by atoms with Gasteiger partial charge in [-0.25, -0.2) is 4.98 Å². The molecule has 0 radical (unpaired) electrons. The van der Waals surface area contributed by atoms with E-state index in [9.17, 15) is 9.59 Å². The Hall–Kier alpha value is -2.11. The van der Waals surface area contributed by atoms with Crippen LogP contribution >= 0.6 is 0 Å². The van der Waals surface area contributed by atoms with Crippen molar-refractivity contribution in [1.82, 2.24) is 15.2 Å². The summed E-state index contributed by atoms with van der Waals surface area (Å²) >= 11 is 0. The molecule has 102 valence electrons. The van der Waals surface area contributed by atoms with Gasteiger partial charge in [-0.3, -0.25) is 9.59 Å². The van der Waals surface area contributed by atoms with Gasteiger partial charge >= 0.3 is 0 Å². The second-order valence-corrected chi connectivity index (χ2v) is 4.83. The first kappa shape index (κ1) is 13.3. The number of carbonyl (C=O) groups excluding carboxylic acids is 2. The van der Waals surface area contributed by atoms with Gasteiger partial charge in [0.05, 0.1) is 7.11 Å². The number of ether oxygens (including phenoxy) is 1. The quantitative estimate of drug-likeness (QED) is 0.840. The highest BCUT2D eigenvalue weighted by Crippen LogP contribution is 2.23. The molecule has 0 aliphatic carbocycles. The van der Waals surface area contributed by atoms with Crippen molar-refractivity contribution in [3.8, 4) is 5.88 Å². The third kappa shape index (κ3) is 2.25. The van der Waals surface area contributed by atoms with Gasteiger partial charge in [-0.2, -0.15) is 0 Å².